The van der Waals surface area contributed by atoms with Crippen molar-refractivity contribution in [3.8, 4) is 0 Å². The smallest absolute Gasteiger partial charge is 0.229 e. The Bertz CT molecular complexity index is 995. The van der Waals surface area contributed by atoms with Crippen molar-refractivity contribution >= 4 is 56.1 Å². The Morgan fingerprint density at radius 1 is 1.21 bits per heavy atom. The number of hydrogen-bond donors (Lipinski definition) is 1. The quantitative estimate of drug-likeness (QED) is 0.520. The number of rotatable bonds is 4. The Kier molecular flexibility index (Phi) is 5.92. The van der Waals surface area contributed by atoms with E-state index in [2.05, 4.69) is 40.6 Å². The van der Waals surface area contributed by atoms with Gasteiger partial charge < -0.3 is 5.32 Å². The van der Waals surface area contributed by atoms with Gasteiger partial charge in [0, 0.05) is 28.9 Å². The maximum absolute atomic E-state index is 12.7. The van der Waals surface area contributed by atoms with Crippen LogP contribution in [0.25, 0.3) is 10.2 Å². The molecule has 0 radical (unpaired) electrons. The van der Waals surface area contributed by atoms with E-state index in [1.807, 2.05) is 24.3 Å². The normalized spacial score (nSPS) is 15.8. The fraction of sp³-hybridized carbons (Fsp3) is 0.333. The summed E-state index contributed by atoms with van der Waals surface area (Å²) >= 11 is 9.23. The molecule has 1 aliphatic rings. The number of anilines is 1. The second-order valence-electron chi connectivity index (χ2n) is 7.19. The Morgan fingerprint density at radius 3 is 2.64 bits per heavy atom. The van der Waals surface area contributed by atoms with Crippen molar-refractivity contribution in [1.29, 1.82) is 0 Å². The minimum Gasteiger partial charge on any atom is -0.302 e. The number of nitrogens with one attached hydrogen (secondary N) is 1. The molecule has 3 aromatic rings. The first-order valence-corrected chi connectivity index (χ1v) is 11.3. The molecule has 1 saturated heterocycles. The SMILES string of the molecule is Cc1cc(C)c2nc(NC(=O)C3CCN(Sc4ccc(Cl)cc4)CC3)sc2c1. The highest BCUT2D eigenvalue weighted by Crippen LogP contribution is 2.32. The van der Waals surface area contributed by atoms with Crippen LogP contribution in [-0.2, 0) is 4.79 Å². The first-order chi connectivity index (χ1) is 13.5. The molecule has 28 heavy (non-hydrogen) atoms. The number of nitrogens with zero attached hydrogens (tertiary/aromatic N) is 2. The van der Waals surface area contributed by atoms with Crippen molar-refractivity contribution in [2.45, 2.75) is 31.6 Å². The Hall–Kier alpha value is -1.60. The molecule has 0 spiro atoms. The van der Waals surface area contributed by atoms with Crippen LogP contribution in [0.3, 0.4) is 0 Å². The van der Waals surface area contributed by atoms with Crippen molar-refractivity contribution in [2.24, 2.45) is 5.92 Å². The van der Waals surface area contributed by atoms with Gasteiger partial charge in [-0.1, -0.05) is 29.0 Å². The van der Waals surface area contributed by atoms with Gasteiger partial charge in [-0.15, -0.1) is 0 Å². The van der Waals surface area contributed by atoms with Crippen molar-refractivity contribution in [3.05, 3.63) is 52.5 Å². The molecule has 4 rings (SSSR count). The predicted octanol–water partition coefficient (Wildman–Crippen LogP) is 5.92. The van der Waals surface area contributed by atoms with Gasteiger partial charge in [0.05, 0.1) is 10.2 Å². The number of carbonyl (C=O) groups is 1. The molecule has 1 fully saturated rings. The molecule has 146 valence electrons. The summed E-state index contributed by atoms with van der Waals surface area (Å²) in [5.41, 5.74) is 3.36. The Morgan fingerprint density at radius 2 is 1.93 bits per heavy atom. The highest BCUT2D eigenvalue weighted by atomic mass is 35.5. The summed E-state index contributed by atoms with van der Waals surface area (Å²) in [6.07, 6.45) is 1.71. The lowest BCUT2D eigenvalue weighted by atomic mass is 9.97. The van der Waals surface area contributed by atoms with Crippen LogP contribution in [0.15, 0.2) is 41.3 Å². The summed E-state index contributed by atoms with van der Waals surface area (Å²) in [5.74, 6) is 0.126. The van der Waals surface area contributed by atoms with Crippen LogP contribution >= 0.6 is 34.9 Å². The fourth-order valence-corrected chi connectivity index (χ4v) is 5.61. The highest BCUT2D eigenvalue weighted by Gasteiger charge is 2.26. The molecular weight excluding hydrogens is 410 g/mol. The molecule has 0 bridgehead atoms. The van der Waals surface area contributed by atoms with E-state index in [1.54, 1.807) is 23.3 Å². The Labute approximate surface area is 178 Å². The zero-order chi connectivity index (χ0) is 19.7. The molecule has 0 saturated carbocycles. The van der Waals surface area contributed by atoms with Gasteiger partial charge >= 0.3 is 0 Å². The third-order valence-corrected chi connectivity index (χ3v) is 7.21. The van der Waals surface area contributed by atoms with Gasteiger partial charge in [0.15, 0.2) is 5.13 Å². The third-order valence-electron chi connectivity index (χ3n) is 4.93. The van der Waals surface area contributed by atoms with E-state index in [4.69, 9.17) is 11.6 Å². The number of carbonyl (C=O) groups excluding carboxylic acids is 1. The van der Waals surface area contributed by atoms with Crippen LogP contribution in [0.4, 0.5) is 5.13 Å². The summed E-state index contributed by atoms with van der Waals surface area (Å²) in [6.45, 7) is 5.93. The van der Waals surface area contributed by atoms with Gasteiger partial charge in [-0.3, -0.25) is 4.79 Å². The number of piperidine rings is 1. The minimum atomic E-state index is 0.0388. The predicted molar refractivity (Wildman–Crippen MR) is 119 cm³/mol. The first-order valence-electron chi connectivity index (χ1n) is 9.35. The van der Waals surface area contributed by atoms with Crippen molar-refractivity contribution in [3.63, 3.8) is 0 Å². The second kappa shape index (κ2) is 8.41. The van der Waals surface area contributed by atoms with Crippen molar-refractivity contribution in [1.82, 2.24) is 9.29 Å². The van der Waals surface area contributed by atoms with E-state index in [1.165, 1.54) is 10.5 Å². The molecule has 2 aromatic carbocycles. The fourth-order valence-electron chi connectivity index (χ4n) is 3.49. The van der Waals surface area contributed by atoms with Gasteiger partial charge in [-0.25, -0.2) is 9.29 Å². The molecular formula is C21H22ClN3OS2. The van der Waals surface area contributed by atoms with Crippen LogP contribution in [-0.4, -0.2) is 28.3 Å². The van der Waals surface area contributed by atoms with Gasteiger partial charge in [-0.2, -0.15) is 0 Å². The number of aromatic nitrogens is 1. The number of thiazole rings is 1. The van der Waals surface area contributed by atoms with E-state index in [-0.39, 0.29) is 11.8 Å². The Balaban J connectivity index is 1.34. The maximum Gasteiger partial charge on any atom is 0.229 e. The monoisotopic (exact) mass is 431 g/mol. The van der Waals surface area contributed by atoms with Gasteiger partial charge in [-0.05, 0) is 80.1 Å². The molecule has 1 amide bonds. The number of aryl methyl sites for hydroxylation is 2. The van der Waals surface area contributed by atoms with Crippen LogP contribution in [0.1, 0.15) is 24.0 Å². The number of benzene rings is 2. The molecule has 0 atom stereocenters. The number of amides is 1. The summed E-state index contributed by atoms with van der Waals surface area (Å²) in [6, 6.07) is 12.1. The summed E-state index contributed by atoms with van der Waals surface area (Å²) < 4.78 is 3.44. The number of hydrogen-bond acceptors (Lipinski definition) is 5. The van der Waals surface area contributed by atoms with Crippen LogP contribution < -0.4 is 5.32 Å². The van der Waals surface area contributed by atoms with E-state index in [0.29, 0.717) is 5.13 Å². The molecule has 1 aliphatic heterocycles. The van der Waals surface area contributed by atoms with Gasteiger partial charge in [0.25, 0.3) is 0 Å². The standard InChI is InChI=1S/C21H22ClN3OS2/c1-13-11-14(2)19-18(12-13)27-21(23-19)24-20(26)15-7-9-25(10-8-15)28-17-5-3-16(22)4-6-17/h3-6,11-12,15H,7-10H2,1-2H3,(H,23,24,26). The van der Waals surface area contributed by atoms with Crippen LogP contribution in [0, 0.1) is 19.8 Å². The zero-order valence-electron chi connectivity index (χ0n) is 15.9. The van der Waals surface area contributed by atoms with Crippen molar-refractivity contribution in [2.75, 3.05) is 18.4 Å². The number of fused-ring (bicyclic) bond motifs is 1. The molecule has 2 heterocycles. The minimum absolute atomic E-state index is 0.0388. The van der Waals surface area contributed by atoms with Gasteiger partial charge in [0.1, 0.15) is 0 Å². The molecule has 4 nitrogen and oxygen atoms in total. The summed E-state index contributed by atoms with van der Waals surface area (Å²) in [7, 11) is 0. The highest BCUT2D eigenvalue weighted by molar-refractivity contribution is 7.97. The first kappa shape index (κ1) is 19.7. The molecule has 0 unspecified atom stereocenters. The molecule has 1 aromatic heterocycles. The maximum atomic E-state index is 12.7. The van der Waals surface area contributed by atoms with E-state index in [9.17, 15) is 4.79 Å². The van der Waals surface area contributed by atoms with Gasteiger partial charge in [0.2, 0.25) is 5.91 Å². The lowest BCUT2D eigenvalue weighted by Gasteiger charge is -2.30. The van der Waals surface area contributed by atoms with E-state index < -0.39 is 0 Å². The average molecular weight is 432 g/mol. The zero-order valence-corrected chi connectivity index (χ0v) is 18.3. The van der Waals surface area contributed by atoms with E-state index in [0.717, 1.165) is 46.7 Å². The average Bonchev–Trinajstić information content (AvgIpc) is 3.07. The van der Waals surface area contributed by atoms with Crippen molar-refractivity contribution < 1.29 is 4.79 Å². The molecule has 1 N–H and O–H groups in total. The largest absolute Gasteiger partial charge is 0.302 e. The molecule has 7 heteroatoms. The lowest BCUT2D eigenvalue weighted by molar-refractivity contribution is -0.120. The summed E-state index contributed by atoms with van der Waals surface area (Å²) in [4.78, 5) is 18.5. The third kappa shape index (κ3) is 4.51. The van der Waals surface area contributed by atoms with Crippen LogP contribution in [0.5, 0.6) is 0 Å². The summed E-state index contributed by atoms with van der Waals surface area (Å²) in [5, 5.41) is 4.50. The lowest BCUT2D eigenvalue weighted by Crippen LogP contribution is -2.34. The van der Waals surface area contributed by atoms with Crippen LogP contribution in [0.2, 0.25) is 5.02 Å². The van der Waals surface area contributed by atoms with E-state index >= 15 is 0 Å². The second-order valence-corrected chi connectivity index (χ2v) is 9.82. The topological polar surface area (TPSA) is 45.2 Å². The molecule has 0 aliphatic carbocycles. The number of halogens is 1.